The number of nitro groups is 1. The van der Waals surface area contributed by atoms with Gasteiger partial charge in [-0.25, -0.2) is 8.42 Å². The van der Waals surface area contributed by atoms with Gasteiger partial charge in [0.25, 0.3) is 5.69 Å². The molecule has 3 aromatic rings. The highest BCUT2D eigenvalue weighted by atomic mass is 32.2. The molecular weight excluding hydrogens is 432 g/mol. The van der Waals surface area contributed by atoms with Gasteiger partial charge in [-0.1, -0.05) is 50.2 Å². The summed E-state index contributed by atoms with van der Waals surface area (Å²) in [4.78, 5) is 23.6. The Morgan fingerprint density at radius 3 is 2.31 bits per heavy atom. The molecule has 9 nitrogen and oxygen atoms in total. The number of hydrogen-bond acceptors (Lipinski definition) is 7. The molecule has 32 heavy (non-hydrogen) atoms. The minimum absolute atomic E-state index is 0.0167. The lowest BCUT2D eigenvalue weighted by molar-refractivity contribution is -0.384. The van der Waals surface area contributed by atoms with Crippen molar-refractivity contribution >= 4 is 43.7 Å². The zero-order valence-electron chi connectivity index (χ0n) is 17.4. The van der Waals surface area contributed by atoms with E-state index in [4.69, 9.17) is 0 Å². The van der Waals surface area contributed by atoms with Crippen LogP contribution >= 0.6 is 0 Å². The topological polar surface area (TPSA) is 122 Å². The molecule has 0 aliphatic heterocycles. The van der Waals surface area contributed by atoms with Gasteiger partial charge in [0, 0.05) is 35.7 Å². The molecule has 0 bridgehead atoms. The lowest BCUT2D eigenvalue weighted by atomic mass is 10.1. The van der Waals surface area contributed by atoms with Gasteiger partial charge in [0.1, 0.15) is 11.4 Å². The second-order valence-corrected chi connectivity index (χ2v) is 9.07. The number of anilines is 1. The second kappa shape index (κ2) is 8.13. The van der Waals surface area contributed by atoms with Crippen molar-refractivity contribution in [3.05, 3.63) is 75.8 Å². The monoisotopic (exact) mass is 452 g/mol. The number of benzene rings is 3. The summed E-state index contributed by atoms with van der Waals surface area (Å²) in [5, 5.41) is 17.5. The van der Waals surface area contributed by atoms with Gasteiger partial charge in [0.05, 0.1) is 9.82 Å². The minimum atomic E-state index is -3.87. The normalized spacial score (nSPS) is 14.5. The summed E-state index contributed by atoms with van der Waals surface area (Å²) in [5.41, 5.74) is 3.43. The summed E-state index contributed by atoms with van der Waals surface area (Å²) in [6, 6.07) is 14.4. The van der Waals surface area contributed by atoms with Gasteiger partial charge in [-0.15, -0.1) is 0 Å². The Balaban J connectivity index is 1.73. The number of nitrogens with zero attached hydrogens (tertiary/aromatic N) is 3. The molecule has 1 aliphatic carbocycles. The minimum Gasteiger partial charge on any atom is -0.287 e. The van der Waals surface area contributed by atoms with Crippen molar-refractivity contribution in [2.45, 2.75) is 18.7 Å². The van der Waals surface area contributed by atoms with Crippen molar-refractivity contribution in [2.24, 2.45) is 5.10 Å². The molecular formula is C22H20N4O5S. The first-order valence-corrected chi connectivity index (χ1v) is 11.4. The number of sulfonamides is 1. The van der Waals surface area contributed by atoms with Gasteiger partial charge >= 0.3 is 0 Å². The Kier molecular flexibility index (Phi) is 5.49. The third kappa shape index (κ3) is 3.43. The van der Waals surface area contributed by atoms with Crippen molar-refractivity contribution < 1.29 is 18.1 Å². The number of carbonyl (C=O) groups is 1. The summed E-state index contributed by atoms with van der Waals surface area (Å²) in [6.07, 6.45) is 0. The van der Waals surface area contributed by atoms with Crippen molar-refractivity contribution in [2.75, 3.05) is 18.5 Å². The maximum absolute atomic E-state index is 12.9. The van der Waals surface area contributed by atoms with E-state index in [-0.39, 0.29) is 35.2 Å². The molecule has 0 fully saturated rings. The quantitative estimate of drug-likeness (QED) is 0.430. The molecule has 10 heteroatoms. The molecule has 164 valence electrons. The van der Waals surface area contributed by atoms with E-state index in [2.05, 4.69) is 10.5 Å². The van der Waals surface area contributed by atoms with E-state index in [1.807, 2.05) is 18.2 Å². The van der Waals surface area contributed by atoms with Crippen LogP contribution in [0.2, 0.25) is 0 Å². The fraction of sp³-hybridized carbons (Fsp3) is 0.182. The average Bonchev–Trinajstić information content (AvgIpc) is 3.06. The third-order valence-corrected chi connectivity index (χ3v) is 7.46. The molecule has 3 aromatic carbocycles. The van der Waals surface area contributed by atoms with E-state index < -0.39 is 20.6 Å². The summed E-state index contributed by atoms with van der Waals surface area (Å²) in [6.45, 7) is 3.88. The number of ketones is 1. The van der Waals surface area contributed by atoms with E-state index in [9.17, 15) is 23.3 Å². The maximum Gasteiger partial charge on any atom is 0.295 e. The predicted octanol–water partition coefficient (Wildman–Crippen LogP) is 3.79. The molecule has 0 saturated heterocycles. The van der Waals surface area contributed by atoms with Gasteiger partial charge in [-0.05, 0) is 17.5 Å². The Morgan fingerprint density at radius 1 is 1.03 bits per heavy atom. The Labute approximate surface area is 184 Å². The molecule has 1 aliphatic rings. The van der Waals surface area contributed by atoms with Crippen LogP contribution < -0.4 is 5.43 Å². The zero-order valence-corrected chi connectivity index (χ0v) is 18.2. The number of rotatable bonds is 7. The number of Topliss-reactive ketones (excluding diaryl/α,β-unsaturated/α-hetero) is 1. The molecule has 0 unspecified atom stereocenters. The van der Waals surface area contributed by atoms with Crippen molar-refractivity contribution in [3.63, 3.8) is 0 Å². The molecule has 4 rings (SSSR count). The van der Waals surface area contributed by atoms with E-state index in [0.29, 0.717) is 11.1 Å². The molecule has 0 atom stereocenters. The van der Waals surface area contributed by atoms with E-state index >= 15 is 0 Å². The van der Waals surface area contributed by atoms with Crippen LogP contribution in [-0.2, 0) is 10.0 Å². The largest absolute Gasteiger partial charge is 0.295 e. The molecule has 0 aromatic heterocycles. The lowest BCUT2D eigenvalue weighted by Crippen LogP contribution is -2.30. The zero-order chi connectivity index (χ0) is 23.0. The smallest absolute Gasteiger partial charge is 0.287 e. The van der Waals surface area contributed by atoms with Gasteiger partial charge < -0.3 is 0 Å². The maximum atomic E-state index is 12.9. The van der Waals surface area contributed by atoms with E-state index in [1.165, 1.54) is 16.4 Å². The van der Waals surface area contributed by atoms with Crippen LogP contribution in [0.1, 0.15) is 29.8 Å². The predicted molar refractivity (Wildman–Crippen MR) is 122 cm³/mol. The fourth-order valence-electron chi connectivity index (χ4n) is 3.83. The molecule has 0 amide bonds. The van der Waals surface area contributed by atoms with Gasteiger partial charge in [-0.3, -0.25) is 20.3 Å². The first-order chi connectivity index (χ1) is 15.3. The molecule has 0 radical (unpaired) electrons. The van der Waals surface area contributed by atoms with Crippen LogP contribution in [0.5, 0.6) is 0 Å². The molecule has 0 saturated carbocycles. The van der Waals surface area contributed by atoms with Crippen molar-refractivity contribution in [3.8, 4) is 0 Å². The summed E-state index contributed by atoms with van der Waals surface area (Å²) < 4.78 is 26.7. The second-order valence-electron chi connectivity index (χ2n) is 7.14. The van der Waals surface area contributed by atoms with E-state index in [1.54, 1.807) is 32.0 Å². The summed E-state index contributed by atoms with van der Waals surface area (Å²) in [5.74, 6) is -0.285. The van der Waals surface area contributed by atoms with Crippen LogP contribution in [-0.4, -0.2) is 42.2 Å². The number of nitro benzene ring substituents is 1. The number of carbonyl (C=O) groups excluding carboxylic acids is 1. The molecule has 0 spiro atoms. The Hall–Kier alpha value is -3.63. The van der Waals surface area contributed by atoms with Crippen LogP contribution in [0.25, 0.3) is 10.8 Å². The standard InChI is InChI=1S/C22H20N4O5S/c1-3-25(4-2)32(30,31)15-11-12-18(19(13-15)26(28)29)23-24-21-16-9-5-7-14-8-6-10-17(20(14)16)22(21)27/h5-13,23H,3-4H2,1-2H3. The van der Waals surface area contributed by atoms with E-state index in [0.717, 1.165) is 16.8 Å². The van der Waals surface area contributed by atoms with Crippen LogP contribution in [0.4, 0.5) is 11.4 Å². The van der Waals surface area contributed by atoms with Crippen LogP contribution in [0, 0.1) is 10.1 Å². The molecule has 0 heterocycles. The third-order valence-electron chi connectivity index (χ3n) is 5.42. The Morgan fingerprint density at radius 2 is 1.69 bits per heavy atom. The summed E-state index contributed by atoms with van der Waals surface area (Å²) in [7, 11) is -3.87. The lowest BCUT2D eigenvalue weighted by Gasteiger charge is -2.18. The first kappa shape index (κ1) is 21.6. The van der Waals surface area contributed by atoms with Crippen LogP contribution in [0.15, 0.2) is 64.6 Å². The van der Waals surface area contributed by atoms with Crippen molar-refractivity contribution in [1.29, 1.82) is 0 Å². The highest BCUT2D eigenvalue weighted by molar-refractivity contribution is 7.89. The first-order valence-electron chi connectivity index (χ1n) is 9.98. The fourth-order valence-corrected chi connectivity index (χ4v) is 5.31. The highest BCUT2D eigenvalue weighted by Gasteiger charge is 2.30. The highest BCUT2D eigenvalue weighted by Crippen LogP contribution is 2.32. The SMILES string of the molecule is CCN(CC)S(=O)(=O)c1ccc(NN=C2C(=O)c3cccc4cccc2c34)c([N+](=O)[O-])c1. The van der Waals surface area contributed by atoms with Gasteiger partial charge in [0.2, 0.25) is 15.8 Å². The van der Waals surface area contributed by atoms with Gasteiger partial charge in [-0.2, -0.15) is 9.41 Å². The molecule has 1 N–H and O–H groups in total. The Bertz CT molecular complexity index is 1390. The number of hydrazone groups is 1. The summed E-state index contributed by atoms with van der Waals surface area (Å²) >= 11 is 0. The number of nitrogens with one attached hydrogen (secondary N) is 1. The average molecular weight is 452 g/mol. The number of hydrogen-bond donors (Lipinski definition) is 1. The van der Waals surface area contributed by atoms with Gasteiger partial charge in [0.15, 0.2) is 0 Å². The van der Waals surface area contributed by atoms with Crippen molar-refractivity contribution in [1.82, 2.24) is 4.31 Å². The van der Waals surface area contributed by atoms with Crippen LogP contribution in [0.3, 0.4) is 0 Å².